The van der Waals surface area contributed by atoms with E-state index in [1.165, 1.54) is 0 Å². The number of likely N-dealkylation sites (N-methyl/N-ethyl adjacent to an activating group) is 1. The Labute approximate surface area is 164 Å². The van der Waals surface area contributed by atoms with E-state index in [1.807, 2.05) is 55.4 Å². The summed E-state index contributed by atoms with van der Waals surface area (Å²) in [6.45, 7) is 1.40. The molecule has 0 atom stereocenters. The Balaban J connectivity index is 1.82. The van der Waals surface area contributed by atoms with E-state index >= 15 is 0 Å². The van der Waals surface area contributed by atoms with Gasteiger partial charge in [-0.15, -0.1) is 0 Å². The van der Waals surface area contributed by atoms with Crippen molar-refractivity contribution in [1.29, 1.82) is 0 Å². The van der Waals surface area contributed by atoms with Gasteiger partial charge in [0.15, 0.2) is 0 Å². The van der Waals surface area contributed by atoms with E-state index < -0.39 is 0 Å². The number of benzene rings is 2. The number of hydrogen-bond acceptors (Lipinski definition) is 4. The van der Waals surface area contributed by atoms with Crippen molar-refractivity contribution < 1.29 is 9.53 Å². The van der Waals surface area contributed by atoms with Gasteiger partial charge in [-0.05, 0) is 50.0 Å². The molecule has 0 saturated heterocycles. The zero-order valence-corrected chi connectivity index (χ0v) is 16.4. The van der Waals surface area contributed by atoms with Crippen LogP contribution in [0.2, 0.25) is 0 Å². The molecule has 0 aliphatic heterocycles. The number of ether oxygens (including phenoxy) is 1. The molecule has 3 rings (SSSR count). The van der Waals surface area contributed by atoms with Crippen molar-refractivity contribution in [3.63, 3.8) is 0 Å². The van der Waals surface area contributed by atoms with Gasteiger partial charge in [0.05, 0.1) is 13.5 Å². The second kappa shape index (κ2) is 8.71. The van der Waals surface area contributed by atoms with Crippen molar-refractivity contribution in [1.82, 2.24) is 9.47 Å². The number of aromatic nitrogens is 1. The van der Waals surface area contributed by atoms with Crippen molar-refractivity contribution in [3.05, 3.63) is 70.6 Å². The predicted octanol–water partition coefficient (Wildman–Crippen LogP) is 2.75. The number of methoxy groups -OCH3 is 1. The lowest BCUT2D eigenvalue weighted by molar-refractivity contribution is -0.115. The van der Waals surface area contributed by atoms with Gasteiger partial charge in [0.1, 0.15) is 5.75 Å². The van der Waals surface area contributed by atoms with Crippen molar-refractivity contribution in [2.45, 2.75) is 13.0 Å². The predicted molar refractivity (Wildman–Crippen MR) is 112 cm³/mol. The number of nitrogens with zero attached hydrogens (tertiary/aromatic N) is 2. The third-order valence-corrected chi connectivity index (χ3v) is 4.58. The van der Waals surface area contributed by atoms with E-state index in [9.17, 15) is 9.59 Å². The molecule has 6 heteroatoms. The van der Waals surface area contributed by atoms with Crippen LogP contribution in [0.3, 0.4) is 0 Å². The van der Waals surface area contributed by atoms with Crippen LogP contribution in [0.15, 0.2) is 59.5 Å². The quantitative estimate of drug-likeness (QED) is 0.686. The number of carbonyl (C=O) groups is 1. The lowest BCUT2D eigenvalue weighted by Crippen LogP contribution is -2.26. The summed E-state index contributed by atoms with van der Waals surface area (Å²) in [4.78, 5) is 27.3. The molecule has 1 N–H and O–H groups in total. The minimum Gasteiger partial charge on any atom is -0.497 e. The Morgan fingerprint density at radius 3 is 2.64 bits per heavy atom. The van der Waals surface area contributed by atoms with Crippen LogP contribution in [0.4, 0.5) is 5.69 Å². The second-order valence-electron chi connectivity index (χ2n) is 6.96. The first-order valence-electron chi connectivity index (χ1n) is 9.17. The highest BCUT2D eigenvalue weighted by Gasteiger charge is 2.10. The number of amides is 1. The summed E-state index contributed by atoms with van der Waals surface area (Å²) in [7, 11) is 5.55. The van der Waals surface area contributed by atoms with Gasteiger partial charge in [-0.25, -0.2) is 0 Å². The number of fused-ring (bicyclic) bond motifs is 1. The van der Waals surface area contributed by atoms with Gasteiger partial charge in [-0.3, -0.25) is 9.59 Å². The fraction of sp³-hybridized carbons (Fsp3) is 0.273. The molecular weight excluding hydrogens is 354 g/mol. The Bertz CT molecular complexity index is 1040. The zero-order chi connectivity index (χ0) is 20.1. The molecule has 1 heterocycles. The Hall–Kier alpha value is -3.12. The van der Waals surface area contributed by atoms with Crippen LogP contribution >= 0.6 is 0 Å². The number of nitrogens with one attached hydrogen (secondary N) is 1. The van der Waals surface area contributed by atoms with E-state index in [-0.39, 0.29) is 17.9 Å². The van der Waals surface area contributed by atoms with Crippen LogP contribution in [0, 0.1) is 0 Å². The molecule has 1 aromatic heterocycles. The molecule has 6 nitrogen and oxygen atoms in total. The average molecular weight is 379 g/mol. The van der Waals surface area contributed by atoms with Crippen LogP contribution < -0.4 is 15.6 Å². The lowest BCUT2D eigenvalue weighted by atomic mass is 10.1. The highest BCUT2D eigenvalue weighted by Crippen LogP contribution is 2.21. The normalized spacial score (nSPS) is 11.0. The maximum Gasteiger partial charge on any atom is 0.258 e. The number of anilines is 1. The highest BCUT2D eigenvalue weighted by atomic mass is 16.5. The van der Waals surface area contributed by atoms with Crippen LogP contribution in [0.25, 0.3) is 10.8 Å². The number of hydrogen-bond donors (Lipinski definition) is 1. The molecule has 0 bridgehead atoms. The molecule has 0 unspecified atom stereocenters. The lowest BCUT2D eigenvalue weighted by Gasteiger charge is -2.13. The fourth-order valence-electron chi connectivity index (χ4n) is 3.07. The number of rotatable bonds is 7. The molecule has 0 radical (unpaired) electrons. The minimum absolute atomic E-state index is 0.0526. The fourth-order valence-corrected chi connectivity index (χ4v) is 3.07. The molecule has 0 aliphatic rings. The smallest absolute Gasteiger partial charge is 0.258 e. The summed E-state index contributed by atoms with van der Waals surface area (Å²) in [6, 6.07) is 14.7. The summed E-state index contributed by atoms with van der Waals surface area (Å²) < 4.78 is 6.90. The Morgan fingerprint density at radius 1 is 1.11 bits per heavy atom. The summed E-state index contributed by atoms with van der Waals surface area (Å²) >= 11 is 0. The van der Waals surface area contributed by atoms with Gasteiger partial charge in [-0.2, -0.15) is 0 Å². The largest absolute Gasteiger partial charge is 0.497 e. The Kier molecular flexibility index (Phi) is 6.11. The first kappa shape index (κ1) is 19.6. The van der Waals surface area contributed by atoms with E-state index in [1.54, 1.807) is 30.0 Å². The van der Waals surface area contributed by atoms with E-state index in [4.69, 9.17) is 4.74 Å². The highest BCUT2D eigenvalue weighted by molar-refractivity contribution is 6.02. The van der Waals surface area contributed by atoms with Crippen LogP contribution in [0.1, 0.15) is 5.56 Å². The summed E-state index contributed by atoms with van der Waals surface area (Å²) in [5, 5.41) is 4.27. The SMILES string of the molecule is COc1cccc(CC(=O)Nc2cccc3c(=O)n(CCN(C)C)ccc23)c1. The van der Waals surface area contributed by atoms with E-state index in [0.29, 0.717) is 23.4 Å². The van der Waals surface area contributed by atoms with E-state index in [2.05, 4.69) is 5.32 Å². The van der Waals surface area contributed by atoms with Crippen LogP contribution in [0.5, 0.6) is 5.75 Å². The van der Waals surface area contributed by atoms with Crippen molar-refractivity contribution in [3.8, 4) is 5.75 Å². The van der Waals surface area contributed by atoms with Gasteiger partial charge >= 0.3 is 0 Å². The number of carbonyl (C=O) groups excluding carboxylic acids is 1. The van der Waals surface area contributed by atoms with Gasteiger partial charge in [0, 0.05) is 35.7 Å². The van der Waals surface area contributed by atoms with Gasteiger partial charge < -0.3 is 19.5 Å². The zero-order valence-electron chi connectivity index (χ0n) is 16.4. The minimum atomic E-state index is -0.141. The van der Waals surface area contributed by atoms with Crippen LogP contribution in [-0.4, -0.2) is 43.1 Å². The summed E-state index contributed by atoms with van der Waals surface area (Å²) in [5.41, 5.74) is 1.45. The Morgan fingerprint density at radius 2 is 1.89 bits per heavy atom. The topological polar surface area (TPSA) is 63.6 Å². The van der Waals surface area contributed by atoms with Crippen molar-refractivity contribution >= 4 is 22.4 Å². The molecule has 0 saturated carbocycles. The second-order valence-corrected chi connectivity index (χ2v) is 6.96. The first-order valence-corrected chi connectivity index (χ1v) is 9.17. The summed E-state index contributed by atoms with van der Waals surface area (Å²) in [6.07, 6.45) is 2.01. The maximum atomic E-state index is 12.8. The molecule has 2 aromatic carbocycles. The molecule has 0 spiro atoms. The number of pyridine rings is 1. The first-order chi connectivity index (χ1) is 13.5. The van der Waals surface area contributed by atoms with Gasteiger partial charge in [-0.1, -0.05) is 18.2 Å². The summed E-state index contributed by atoms with van der Waals surface area (Å²) in [5.74, 6) is 0.575. The monoisotopic (exact) mass is 379 g/mol. The third-order valence-electron chi connectivity index (χ3n) is 4.58. The average Bonchev–Trinajstić information content (AvgIpc) is 2.68. The molecule has 0 fully saturated rings. The van der Waals surface area contributed by atoms with Crippen molar-refractivity contribution in [2.24, 2.45) is 0 Å². The molecule has 1 amide bonds. The van der Waals surface area contributed by atoms with Crippen LogP contribution in [-0.2, 0) is 17.8 Å². The third kappa shape index (κ3) is 4.58. The molecule has 3 aromatic rings. The molecule has 0 aliphatic carbocycles. The molecular formula is C22H25N3O3. The molecule has 28 heavy (non-hydrogen) atoms. The van der Waals surface area contributed by atoms with Crippen molar-refractivity contribution in [2.75, 3.05) is 33.1 Å². The molecule has 146 valence electrons. The van der Waals surface area contributed by atoms with Gasteiger partial charge in [0.25, 0.3) is 5.56 Å². The standard InChI is InChI=1S/C22H25N3O3/c1-24(2)12-13-25-11-10-18-19(22(25)27)8-5-9-20(18)23-21(26)15-16-6-4-7-17(14-16)28-3/h4-11,14H,12-13,15H2,1-3H3,(H,23,26). The van der Waals surface area contributed by atoms with E-state index in [0.717, 1.165) is 17.5 Å². The van der Waals surface area contributed by atoms with Gasteiger partial charge in [0.2, 0.25) is 5.91 Å². The maximum absolute atomic E-state index is 12.8.